The number of amides is 1. The van der Waals surface area contributed by atoms with Gasteiger partial charge in [0.2, 0.25) is 0 Å². The van der Waals surface area contributed by atoms with Crippen LogP contribution in [0.15, 0.2) is 0 Å². The van der Waals surface area contributed by atoms with Crippen LogP contribution in [0.4, 0.5) is 4.79 Å². The third kappa shape index (κ3) is 5.53. The van der Waals surface area contributed by atoms with Crippen molar-refractivity contribution in [2.75, 3.05) is 13.7 Å². The van der Waals surface area contributed by atoms with Gasteiger partial charge in [0.05, 0.1) is 12.6 Å². The minimum Gasteiger partial charge on any atom is -0.468 e. The highest BCUT2D eigenvalue weighted by Crippen LogP contribution is 2.31. The molecule has 0 aromatic heterocycles. The second-order valence-corrected chi connectivity index (χ2v) is 6.63. The number of nitrogens with one attached hydrogen (secondary N) is 2. The molecule has 1 aliphatic rings. The molecule has 1 amide bonds. The summed E-state index contributed by atoms with van der Waals surface area (Å²) in [5.41, 5.74) is -0.829. The van der Waals surface area contributed by atoms with Crippen LogP contribution >= 0.6 is 0 Å². The lowest BCUT2D eigenvalue weighted by Crippen LogP contribution is -2.61. The van der Waals surface area contributed by atoms with Crippen LogP contribution in [0, 0.1) is 0 Å². The van der Waals surface area contributed by atoms with Crippen LogP contribution in [0.3, 0.4) is 0 Å². The first kappa shape index (κ1) is 17.8. The van der Waals surface area contributed by atoms with E-state index in [4.69, 9.17) is 9.47 Å². The molecule has 1 fully saturated rings. The van der Waals surface area contributed by atoms with Gasteiger partial charge in [0.25, 0.3) is 0 Å². The van der Waals surface area contributed by atoms with E-state index in [1.54, 1.807) is 0 Å². The second kappa shape index (κ2) is 7.11. The Labute approximate surface area is 126 Å². The fraction of sp³-hybridized carbons (Fsp3) is 0.867. The number of hydrogen-bond donors (Lipinski definition) is 2. The van der Waals surface area contributed by atoms with Gasteiger partial charge in [-0.1, -0.05) is 6.92 Å². The minimum atomic E-state index is -0.513. The van der Waals surface area contributed by atoms with Crippen molar-refractivity contribution in [1.29, 1.82) is 0 Å². The molecular weight excluding hydrogens is 272 g/mol. The number of alkyl carbamates (subject to hydrolysis) is 1. The number of hydrogen-bond acceptors (Lipinski definition) is 5. The lowest BCUT2D eigenvalue weighted by Gasteiger charge is -2.43. The summed E-state index contributed by atoms with van der Waals surface area (Å²) in [6.45, 7) is 7.97. The summed E-state index contributed by atoms with van der Waals surface area (Å²) < 4.78 is 10.1. The Morgan fingerprint density at radius 3 is 2.29 bits per heavy atom. The fourth-order valence-corrected chi connectivity index (χ4v) is 2.32. The first-order chi connectivity index (χ1) is 9.71. The number of rotatable bonds is 6. The molecule has 0 radical (unpaired) electrons. The van der Waals surface area contributed by atoms with E-state index in [1.807, 2.05) is 27.7 Å². The zero-order valence-electron chi connectivity index (χ0n) is 13.7. The molecule has 21 heavy (non-hydrogen) atoms. The summed E-state index contributed by atoms with van der Waals surface area (Å²) in [6.07, 6.45) is 3.07. The second-order valence-electron chi connectivity index (χ2n) is 6.63. The molecule has 0 bridgehead atoms. The summed E-state index contributed by atoms with van der Waals surface area (Å²) >= 11 is 0. The summed E-state index contributed by atoms with van der Waals surface area (Å²) in [4.78, 5) is 23.5. The van der Waals surface area contributed by atoms with Gasteiger partial charge in [0.15, 0.2) is 0 Å². The zero-order valence-corrected chi connectivity index (χ0v) is 13.7. The van der Waals surface area contributed by atoms with Crippen LogP contribution in [0.1, 0.15) is 53.4 Å². The first-order valence-corrected chi connectivity index (χ1v) is 7.54. The Hall–Kier alpha value is -1.30. The van der Waals surface area contributed by atoms with Gasteiger partial charge in [-0.25, -0.2) is 4.79 Å². The molecule has 1 atom stereocenters. The predicted molar refractivity (Wildman–Crippen MR) is 80.0 cm³/mol. The maximum atomic E-state index is 11.9. The van der Waals surface area contributed by atoms with Gasteiger partial charge in [-0.3, -0.25) is 4.79 Å². The van der Waals surface area contributed by atoms with Crippen molar-refractivity contribution in [3.05, 3.63) is 0 Å². The molecule has 2 N–H and O–H groups in total. The molecule has 1 saturated carbocycles. The van der Waals surface area contributed by atoms with E-state index in [9.17, 15) is 9.59 Å². The quantitative estimate of drug-likeness (QED) is 0.733. The molecule has 122 valence electrons. The van der Waals surface area contributed by atoms with Gasteiger partial charge in [0.1, 0.15) is 11.6 Å². The molecule has 0 spiro atoms. The molecular formula is C15H28N2O4. The van der Waals surface area contributed by atoms with Crippen LogP contribution in [0.5, 0.6) is 0 Å². The normalized spacial score (nSPS) is 18.3. The van der Waals surface area contributed by atoms with Crippen LogP contribution in [0.2, 0.25) is 0 Å². The van der Waals surface area contributed by atoms with Crippen LogP contribution in [-0.2, 0) is 14.3 Å². The van der Waals surface area contributed by atoms with E-state index in [2.05, 4.69) is 10.6 Å². The topological polar surface area (TPSA) is 76.7 Å². The Balaban J connectivity index is 2.53. The zero-order chi connectivity index (χ0) is 16.1. The van der Waals surface area contributed by atoms with Crippen LogP contribution in [-0.4, -0.2) is 42.9 Å². The Bertz CT molecular complexity index is 372. The van der Waals surface area contributed by atoms with E-state index in [1.165, 1.54) is 7.11 Å². The smallest absolute Gasteiger partial charge is 0.408 e. The maximum Gasteiger partial charge on any atom is 0.408 e. The number of carbonyl (C=O) groups excluding carboxylic acids is 2. The lowest BCUT2D eigenvalue weighted by atomic mass is 9.76. The van der Waals surface area contributed by atoms with Gasteiger partial charge in [0, 0.05) is 6.54 Å². The van der Waals surface area contributed by atoms with Crippen molar-refractivity contribution in [1.82, 2.24) is 10.6 Å². The summed E-state index contributed by atoms with van der Waals surface area (Å²) in [5, 5.41) is 6.13. The number of methoxy groups -OCH3 is 1. The molecule has 6 heteroatoms. The molecule has 0 heterocycles. The molecule has 0 saturated heterocycles. The van der Waals surface area contributed by atoms with Gasteiger partial charge >= 0.3 is 12.1 Å². The molecule has 0 aliphatic heterocycles. The van der Waals surface area contributed by atoms with Gasteiger partial charge < -0.3 is 20.1 Å². The van der Waals surface area contributed by atoms with Crippen molar-refractivity contribution in [3.63, 3.8) is 0 Å². The van der Waals surface area contributed by atoms with Crippen molar-refractivity contribution in [2.24, 2.45) is 0 Å². The predicted octanol–water partition coefficient (Wildman–Crippen LogP) is 1.97. The molecule has 0 aromatic carbocycles. The van der Waals surface area contributed by atoms with Crippen molar-refractivity contribution in [2.45, 2.75) is 70.6 Å². The van der Waals surface area contributed by atoms with E-state index in [0.717, 1.165) is 19.3 Å². The number of esters is 1. The number of carbonyl (C=O) groups is 2. The van der Waals surface area contributed by atoms with Gasteiger partial charge in [-0.05, 0) is 46.5 Å². The average Bonchev–Trinajstić information content (AvgIpc) is 2.33. The maximum absolute atomic E-state index is 11.9. The van der Waals surface area contributed by atoms with E-state index >= 15 is 0 Å². The average molecular weight is 300 g/mol. The van der Waals surface area contributed by atoms with Crippen LogP contribution in [0.25, 0.3) is 0 Å². The standard InChI is InChI=1S/C15H28N2O4/c1-6-11(12(18)20-5)16-10-15(8-7-9-15)17-13(19)21-14(2,3)4/h11,16H,6-10H2,1-5H3,(H,17,19). The van der Waals surface area contributed by atoms with E-state index < -0.39 is 11.7 Å². The Kier molecular flexibility index (Phi) is 6.01. The molecule has 1 aliphatic carbocycles. The molecule has 0 aromatic rings. The van der Waals surface area contributed by atoms with E-state index in [-0.39, 0.29) is 17.6 Å². The van der Waals surface area contributed by atoms with Crippen molar-refractivity contribution < 1.29 is 19.1 Å². The highest BCUT2D eigenvalue weighted by Gasteiger charge is 2.40. The minimum absolute atomic E-state index is 0.274. The van der Waals surface area contributed by atoms with Crippen molar-refractivity contribution >= 4 is 12.1 Å². The lowest BCUT2D eigenvalue weighted by molar-refractivity contribution is -0.143. The summed E-state index contributed by atoms with van der Waals surface area (Å²) in [7, 11) is 1.38. The Morgan fingerprint density at radius 1 is 1.29 bits per heavy atom. The number of ether oxygens (including phenoxy) is 2. The SMILES string of the molecule is CCC(NCC1(NC(=O)OC(C)(C)C)CCC1)C(=O)OC. The molecule has 1 rings (SSSR count). The molecule has 1 unspecified atom stereocenters. The molecule has 6 nitrogen and oxygen atoms in total. The summed E-state index contributed by atoms with van der Waals surface area (Å²) in [6, 6.07) is -0.340. The summed E-state index contributed by atoms with van der Waals surface area (Å²) in [5.74, 6) is -0.274. The highest BCUT2D eigenvalue weighted by atomic mass is 16.6. The van der Waals surface area contributed by atoms with Gasteiger partial charge in [-0.15, -0.1) is 0 Å². The van der Waals surface area contributed by atoms with Crippen LogP contribution < -0.4 is 10.6 Å². The van der Waals surface area contributed by atoms with Crippen molar-refractivity contribution in [3.8, 4) is 0 Å². The largest absolute Gasteiger partial charge is 0.468 e. The monoisotopic (exact) mass is 300 g/mol. The third-order valence-corrected chi connectivity index (χ3v) is 3.66. The third-order valence-electron chi connectivity index (χ3n) is 3.66. The van der Waals surface area contributed by atoms with E-state index in [0.29, 0.717) is 13.0 Å². The highest BCUT2D eigenvalue weighted by molar-refractivity contribution is 5.75. The Morgan fingerprint density at radius 2 is 1.90 bits per heavy atom. The first-order valence-electron chi connectivity index (χ1n) is 7.54. The van der Waals surface area contributed by atoms with Gasteiger partial charge in [-0.2, -0.15) is 0 Å². The fourth-order valence-electron chi connectivity index (χ4n) is 2.32.